The lowest BCUT2D eigenvalue weighted by Gasteiger charge is -2.26. The Kier molecular flexibility index (Phi) is 4.70. The molecule has 0 bridgehead atoms. The zero-order chi connectivity index (χ0) is 22.6. The van der Waals surface area contributed by atoms with Gasteiger partial charge in [0.1, 0.15) is 17.0 Å². The van der Waals surface area contributed by atoms with Gasteiger partial charge in [-0.1, -0.05) is 24.3 Å². The maximum absolute atomic E-state index is 12.8. The second-order valence-corrected chi connectivity index (χ2v) is 8.52. The molecule has 0 spiro atoms. The number of carbonyl (C=O) groups excluding carboxylic acids is 1. The fourth-order valence-electron chi connectivity index (χ4n) is 4.65. The quantitative estimate of drug-likeness (QED) is 0.249. The van der Waals surface area contributed by atoms with Crippen LogP contribution in [0.3, 0.4) is 0 Å². The van der Waals surface area contributed by atoms with Crippen molar-refractivity contribution in [1.29, 1.82) is 0 Å². The highest BCUT2D eigenvalue weighted by Crippen LogP contribution is 2.42. The summed E-state index contributed by atoms with van der Waals surface area (Å²) in [5.74, 6) is 1.01. The number of ether oxygens (including phenoxy) is 1. The van der Waals surface area contributed by atoms with E-state index in [4.69, 9.17) is 14.7 Å². The standard InChI is InChI=1S/C27H24N2O3/c1-14(2)16-12-19(15(3)23(31)13-16)25-22(30)11-10-21-27(25)29-26-18-6-5-7-24(32-4)17(18)8-9-20(26)28-21/h5-11,16,30H,1,12-13H2,2-4H3. The fraction of sp³-hybridized carbons (Fsp3) is 0.222. The number of aromatic nitrogens is 2. The second-order valence-electron chi connectivity index (χ2n) is 8.52. The minimum atomic E-state index is 0.0503. The van der Waals surface area contributed by atoms with Crippen LogP contribution in [0.1, 0.15) is 32.3 Å². The molecule has 5 heteroatoms. The molecule has 1 atom stereocenters. The first-order chi connectivity index (χ1) is 15.4. The van der Waals surface area contributed by atoms with Crippen molar-refractivity contribution in [3.05, 3.63) is 65.8 Å². The van der Waals surface area contributed by atoms with E-state index in [0.29, 0.717) is 35.0 Å². The Morgan fingerprint density at radius 3 is 2.53 bits per heavy atom. The van der Waals surface area contributed by atoms with Gasteiger partial charge in [0.05, 0.1) is 23.7 Å². The Bertz CT molecular complexity index is 1480. The summed E-state index contributed by atoms with van der Waals surface area (Å²) >= 11 is 0. The first kappa shape index (κ1) is 20.2. The molecule has 5 nitrogen and oxygen atoms in total. The van der Waals surface area contributed by atoms with Gasteiger partial charge in [0.15, 0.2) is 5.78 Å². The molecule has 1 unspecified atom stereocenters. The molecule has 0 aliphatic heterocycles. The summed E-state index contributed by atoms with van der Waals surface area (Å²) in [6.45, 7) is 7.85. The molecule has 1 aliphatic carbocycles. The molecular formula is C27H24N2O3. The predicted octanol–water partition coefficient (Wildman–Crippen LogP) is 5.98. The highest BCUT2D eigenvalue weighted by atomic mass is 16.5. The maximum Gasteiger partial charge on any atom is 0.159 e. The molecule has 1 N–H and O–H groups in total. The Morgan fingerprint density at radius 2 is 1.78 bits per heavy atom. The Balaban J connectivity index is 1.85. The number of fused-ring (bicyclic) bond motifs is 4. The molecule has 4 aromatic rings. The monoisotopic (exact) mass is 424 g/mol. The van der Waals surface area contributed by atoms with E-state index in [0.717, 1.165) is 38.7 Å². The molecule has 0 amide bonds. The average Bonchev–Trinajstić information content (AvgIpc) is 2.79. The van der Waals surface area contributed by atoms with Gasteiger partial charge in [0.25, 0.3) is 0 Å². The van der Waals surface area contributed by atoms with Crippen molar-refractivity contribution >= 4 is 44.2 Å². The number of Topliss-reactive ketones (excluding diaryl/α,β-unsaturated/α-hetero) is 1. The van der Waals surface area contributed by atoms with E-state index in [1.54, 1.807) is 19.2 Å². The van der Waals surface area contributed by atoms with E-state index < -0.39 is 0 Å². The number of ketones is 1. The molecule has 160 valence electrons. The van der Waals surface area contributed by atoms with Crippen molar-refractivity contribution in [2.24, 2.45) is 5.92 Å². The highest BCUT2D eigenvalue weighted by Gasteiger charge is 2.29. The molecule has 3 aromatic carbocycles. The van der Waals surface area contributed by atoms with E-state index in [1.807, 2.05) is 44.2 Å². The van der Waals surface area contributed by atoms with Crippen LogP contribution in [-0.2, 0) is 4.79 Å². The van der Waals surface area contributed by atoms with Crippen LogP contribution in [0, 0.1) is 5.92 Å². The van der Waals surface area contributed by atoms with E-state index in [2.05, 4.69) is 6.58 Å². The molecule has 32 heavy (non-hydrogen) atoms. The summed E-state index contributed by atoms with van der Waals surface area (Å²) in [6.07, 6.45) is 1.10. The molecule has 1 aliphatic rings. The summed E-state index contributed by atoms with van der Waals surface area (Å²) in [5, 5.41) is 12.8. The highest BCUT2D eigenvalue weighted by molar-refractivity contribution is 6.11. The molecule has 1 heterocycles. The van der Waals surface area contributed by atoms with Crippen LogP contribution in [0.15, 0.2) is 60.2 Å². The number of benzene rings is 3. The van der Waals surface area contributed by atoms with E-state index in [-0.39, 0.29) is 17.5 Å². The number of hydrogen-bond donors (Lipinski definition) is 1. The molecule has 0 radical (unpaired) electrons. The molecule has 0 saturated heterocycles. The Labute approximate surface area is 186 Å². The summed E-state index contributed by atoms with van der Waals surface area (Å²) in [6, 6.07) is 13.2. The Morgan fingerprint density at radius 1 is 1.03 bits per heavy atom. The lowest BCUT2D eigenvalue weighted by molar-refractivity contribution is -0.116. The predicted molar refractivity (Wildman–Crippen MR) is 128 cm³/mol. The molecule has 1 aromatic heterocycles. The van der Waals surface area contributed by atoms with Crippen LogP contribution >= 0.6 is 0 Å². The summed E-state index contributed by atoms with van der Waals surface area (Å²) in [7, 11) is 1.65. The van der Waals surface area contributed by atoms with Crippen LogP contribution < -0.4 is 4.74 Å². The van der Waals surface area contributed by atoms with Gasteiger partial charge in [-0.15, -0.1) is 0 Å². The van der Waals surface area contributed by atoms with Crippen LogP contribution in [0.25, 0.3) is 38.4 Å². The Hall–Kier alpha value is -3.73. The van der Waals surface area contributed by atoms with Gasteiger partial charge in [-0.3, -0.25) is 4.79 Å². The van der Waals surface area contributed by atoms with Crippen molar-refractivity contribution in [3.8, 4) is 11.5 Å². The number of phenolic OH excluding ortho intramolecular Hbond substituents is 1. The van der Waals surface area contributed by atoms with Crippen LogP contribution in [0.2, 0.25) is 0 Å². The van der Waals surface area contributed by atoms with Crippen molar-refractivity contribution in [2.75, 3.05) is 7.11 Å². The van der Waals surface area contributed by atoms with E-state index >= 15 is 0 Å². The zero-order valence-corrected chi connectivity index (χ0v) is 18.4. The third-order valence-corrected chi connectivity index (χ3v) is 6.54. The second kappa shape index (κ2) is 7.45. The summed E-state index contributed by atoms with van der Waals surface area (Å²) < 4.78 is 5.52. The largest absolute Gasteiger partial charge is 0.507 e. The third kappa shape index (κ3) is 3.04. The van der Waals surface area contributed by atoms with Crippen LogP contribution in [0.4, 0.5) is 0 Å². The topological polar surface area (TPSA) is 72.3 Å². The lowest BCUT2D eigenvalue weighted by atomic mass is 9.77. The maximum atomic E-state index is 12.8. The number of methoxy groups -OCH3 is 1. The number of carbonyl (C=O) groups is 1. The number of rotatable bonds is 3. The molecular weight excluding hydrogens is 400 g/mol. The van der Waals surface area contributed by atoms with Gasteiger partial charge in [0.2, 0.25) is 0 Å². The van der Waals surface area contributed by atoms with Crippen molar-refractivity contribution < 1.29 is 14.6 Å². The number of phenols is 1. The van der Waals surface area contributed by atoms with E-state index in [9.17, 15) is 9.90 Å². The number of nitrogens with zero attached hydrogens (tertiary/aromatic N) is 2. The van der Waals surface area contributed by atoms with Gasteiger partial charge in [-0.05, 0) is 67.7 Å². The smallest absolute Gasteiger partial charge is 0.159 e. The number of allylic oxidation sites excluding steroid dienone is 3. The fourth-order valence-corrected chi connectivity index (χ4v) is 4.65. The number of aromatic hydroxyl groups is 1. The van der Waals surface area contributed by atoms with Gasteiger partial charge in [-0.25, -0.2) is 9.97 Å². The van der Waals surface area contributed by atoms with Gasteiger partial charge >= 0.3 is 0 Å². The SMILES string of the molecule is C=C(C)C1CC(=O)C(C)=C(c2c(O)ccc3nc4ccc5c(OC)cccc5c4nc23)C1. The summed E-state index contributed by atoms with van der Waals surface area (Å²) in [4.78, 5) is 22.6. The van der Waals surface area contributed by atoms with Crippen LogP contribution in [0.5, 0.6) is 11.5 Å². The van der Waals surface area contributed by atoms with Gasteiger partial charge in [0, 0.05) is 22.8 Å². The lowest BCUT2D eigenvalue weighted by Crippen LogP contribution is -2.18. The third-order valence-electron chi connectivity index (χ3n) is 6.54. The van der Waals surface area contributed by atoms with Crippen molar-refractivity contribution in [2.45, 2.75) is 26.7 Å². The minimum absolute atomic E-state index is 0.0503. The zero-order valence-electron chi connectivity index (χ0n) is 18.4. The minimum Gasteiger partial charge on any atom is -0.507 e. The first-order valence-corrected chi connectivity index (χ1v) is 10.7. The molecule has 5 rings (SSSR count). The number of hydrogen-bond acceptors (Lipinski definition) is 5. The van der Waals surface area contributed by atoms with E-state index in [1.165, 1.54) is 0 Å². The van der Waals surface area contributed by atoms with Gasteiger partial charge in [-0.2, -0.15) is 0 Å². The van der Waals surface area contributed by atoms with Crippen molar-refractivity contribution in [1.82, 2.24) is 9.97 Å². The summed E-state index contributed by atoms with van der Waals surface area (Å²) in [5.41, 5.74) is 5.83. The van der Waals surface area contributed by atoms with Crippen LogP contribution in [-0.4, -0.2) is 28.0 Å². The molecule has 0 saturated carbocycles. The van der Waals surface area contributed by atoms with Crippen molar-refractivity contribution in [3.63, 3.8) is 0 Å². The average molecular weight is 425 g/mol. The van der Waals surface area contributed by atoms with Gasteiger partial charge < -0.3 is 9.84 Å². The normalized spacial score (nSPS) is 16.8. The molecule has 0 fully saturated rings. The first-order valence-electron chi connectivity index (χ1n) is 10.7.